The number of ketones is 1. The zero-order valence-electron chi connectivity index (χ0n) is 15.3. The Balaban J connectivity index is 1.95. The maximum absolute atomic E-state index is 12.2. The van der Waals surface area contributed by atoms with Crippen molar-refractivity contribution in [1.29, 1.82) is 0 Å². The quantitative estimate of drug-likeness (QED) is 0.683. The third-order valence-electron chi connectivity index (χ3n) is 4.79. The third-order valence-corrected chi connectivity index (χ3v) is 5.52. The minimum atomic E-state index is -3.66. The van der Waals surface area contributed by atoms with Crippen LogP contribution in [0.15, 0.2) is 66.7 Å². The van der Waals surface area contributed by atoms with Gasteiger partial charge in [0.05, 0.1) is 5.75 Å². The predicted octanol–water partition coefficient (Wildman–Crippen LogP) is 3.83. The van der Waals surface area contributed by atoms with Crippen LogP contribution in [0.5, 0.6) is 5.75 Å². The van der Waals surface area contributed by atoms with E-state index in [1.165, 1.54) is 6.92 Å². The number of ether oxygens (including phenoxy) is 1. The number of rotatable bonds is 4. The van der Waals surface area contributed by atoms with Gasteiger partial charge in [-0.15, -0.1) is 0 Å². The van der Waals surface area contributed by atoms with Crippen LogP contribution in [0.2, 0.25) is 0 Å². The van der Waals surface area contributed by atoms with E-state index in [4.69, 9.17) is 9.88 Å². The van der Waals surface area contributed by atoms with Crippen molar-refractivity contribution >= 4 is 15.8 Å². The Morgan fingerprint density at radius 1 is 1.04 bits per heavy atom. The number of Topliss-reactive ketones (excluding diaryl/α,β-unsaturated/α-hetero) is 1. The number of fused-ring (bicyclic) bond motifs is 3. The number of sulfonamides is 1. The Morgan fingerprint density at radius 2 is 1.79 bits per heavy atom. The second-order valence-electron chi connectivity index (χ2n) is 6.87. The summed E-state index contributed by atoms with van der Waals surface area (Å²) in [5, 5.41) is 5.23. The molecule has 0 saturated heterocycles. The topological polar surface area (TPSA) is 86.5 Å². The molecular formula is C22H19NO4S. The van der Waals surface area contributed by atoms with E-state index in [0.29, 0.717) is 16.9 Å². The molecule has 28 heavy (non-hydrogen) atoms. The van der Waals surface area contributed by atoms with Gasteiger partial charge in [-0.3, -0.25) is 4.79 Å². The minimum absolute atomic E-state index is 0.0572. The first-order valence-corrected chi connectivity index (χ1v) is 10.5. The van der Waals surface area contributed by atoms with Gasteiger partial charge in [0.25, 0.3) is 0 Å². The molecule has 0 aromatic heterocycles. The average Bonchev–Trinajstić information content (AvgIpc) is 2.66. The lowest BCUT2D eigenvalue weighted by atomic mass is 9.86. The van der Waals surface area contributed by atoms with E-state index in [9.17, 15) is 13.2 Å². The second kappa shape index (κ2) is 6.89. The van der Waals surface area contributed by atoms with E-state index in [0.717, 1.165) is 22.3 Å². The first-order chi connectivity index (χ1) is 13.3. The Labute approximate surface area is 163 Å². The van der Waals surface area contributed by atoms with Crippen molar-refractivity contribution in [1.82, 2.24) is 0 Å². The molecule has 4 rings (SSSR count). The molecule has 0 fully saturated rings. The summed E-state index contributed by atoms with van der Waals surface area (Å²) in [6.07, 6.45) is -0.411. The first-order valence-electron chi connectivity index (χ1n) is 8.83. The molecule has 0 bridgehead atoms. The standard InChI is InChI=1S/C22H19NO4S/c1-14(24)17-8-5-9-20-21(17)18-11-10-15(13-28(23,25)26)12-19(18)22(27-20)16-6-3-2-4-7-16/h2-12,22H,13H2,1H3,(H2,23,25,26). The Hall–Kier alpha value is -2.96. The van der Waals surface area contributed by atoms with Crippen molar-refractivity contribution in [2.75, 3.05) is 0 Å². The lowest BCUT2D eigenvalue weighted by Gasteiger charge is -2.30. The minimum Gasteiger partial charge on any atom is -0.480 e. The molecule has 2 N–H and O–H groups in total. The van der Waals surface area contributed by atoms with Crippen LogP contribution in [0.4, 0.5) is 0 Å². The SMILES string of the molecule is CC(=O)c1cccc2c1-c1ccc(CS(N)(=O)=O)cc1C(c1ccccc1)O2. The fourth-order valence-electron chi connectivity index (χ4n) is 3.65. The summed E-state index contributed by atoms with van der Waals surface area (Å²) in [6, 6.07) is 20.5. The maximum Gasteiger partial charge on any atom is 0.213 e. The van der Waals surface area contributed by atoms with Gasteiger partial charge in [0, 0.05) is 16.7 Å². The molecule has 1 unspecified atom stereocenters. The lowest BCUT2D eigenvalue weighted by Crippen LogP contribution is -2.19. The van der Waals surface area contributed by atoms with Crippen molar-refractivity contribution in [3.8, 4) is 16.9 Å². The molecule has 3 aromatic rings. The van der Waals surface area contributed by atoms with Gasteiger partial charge in [0.1, 0.15) is 11.9 Å². The van der Waals surface area contributed by atoms with E-state index < -0.39 is 16.1 Å². The third kappa shape index (κ3) is 3.44. The fraction of sp³-hybridized carbons (Fsp3) is 0.136. The molecule has 142 valence electrons. The highest BCUT2D eigenvalue weighted by Crippen LogP contribution is 2.46. The highest BCUT2D eigenvalue weighted by atomic mass is 32.2. The van der Waals surface area contributed by atoms with Crippen LogP contribution in [-0.4, -0.2) is 14.2 Å². The molecule has 3 aromatic carbocycles. The van der Waals surface area contributed by atoms with Gasteiger partial charge in [0.15, 0.2) is 5.78 Å². The summed E-state index contributed by atoms with van der Waals surface area (Å²) in [4.78, 5) is 12.2. The summed E-state index contributed by atoms with van der Waals surface area (Å²) in [6.45, 7) is 1.52. The molecule has 0 spiro atoms. The molecule has 0 amide bonds. The van der Waals surface area contributed by atoms with Gasteiger partial charge in [-0.1, -0.05) is 60.7 Å². The first kappa shape index (κ1) is 18.4. The maximum atomic E-state index is 12.2. The van der Waals surface area contributed by atoms with Gasteiger partial charge < -0.3 is 4.74 Å². The zero-order valence-corrected chi connectivity index (χ0v) is 16.1. The molecule has 1 aliphatic heterocycles. The number of hydrogen-bond acceptors (Lipinski definition) is 4. The van der Waals surface area contributed by atoms with Crippen LogP contribution in [0.1, 0.15) is 40.1 Å². The molecule has 1 aliphatic rings. The lowest BCUT2D eigenvalue weighted by molar-refractivity contribution is 0.101. The van der Waals surface area contributed by atoms with Gasteiger partial charge in [-0.25, -0.2) is 13.6 Å². The van der Waals surface area contributed by atoms with E-state index >= 15 is 0 Å². The normalized spacial score (nSPS) is 15.3. The predicted molar refractivity (Wildman–Crippen MR) is 108 cm³/mol. The summed E-state index contributed by atoms with van der Waals surface area (Å²) >= 11 is 0. The van der Waals surface area contributed by atoms with Crippen LogP contribution in [-0.2, 0) is 15.8 Å². The van der Waals surface area contributed by atoms with Crippen LogP contribution in [0.3, 0.4) is 0 Å². The van der Waals surface area contributed by atoms with Gasteiger partial charge in [-0.2, -0.15) is 0 Å². The van der Waals surface area contributed by atoms with Crippen LogP contribution in [0, 0.1) is 0 Å². The van der Waals surface area contributed by atoms with E-state index in [2.05, 4.69) is 0 Å². The summed E-state index contributed by atoms with van der Waals surface area (Å²) in [5.74, 6) is 0.314. The average molecular weight is 393 g/mol. The highest BCUT2D eigenvalue weighted by Gasteiger charge is 2.30. The van der Waals surface area contributed by atoms with E-state index in [1.54, 1.807) is 24.3 Å². The Morgan fingerprint density at radius 3 is 2.46 bits per heavy atom. The summed E-state index contributed by atoms with van der Waals surface area (Å²) < 4.78 is 29.4. The number of hydrogen-bond donors (Lipinski definition) is 1. The molecule has 1 heterocycles. The van der Waals surface area contributed by atoms with Crippen LogP contribution < -0.4 is 9.88 Å². The fourth-order valence-corrected chi connectivity index (χ4v) is 4.29. The molecule has 5 nitrogen and oxygen atoms in total. The van der Waals surface area contributed by atoms with Crippen molar-refractivity contribution in [2.45, 2.75) is 18.8 Å². The van der Waals surface area contributed by atoms with E-state index in [1.807, 2.05) is 42.5 Å². The largest absolute Gasteiger partial charge is 0.480 e. The number of benzene rings is 3. The van der Waals surface area contributed by atoms with Crippen molar-refractivity contribution in [2.24, 2.45) is 5.14 Å². The number of carbonyl (C=O) groups excluding carboxylic acids is 1. The Bertz CT molecular complexity index is 1170. The number of nitrogens with two attached hydrogens (primary N) is 1. The summed E-state index contributed by atoms with van der Waals surface area (Å²) in [7, 11) is -3.66. The zero-order chi connectivity index (χ0) is 19.9. The molecule has 1 atom stereocenters. The van der Waals surface area contributed by atoms with E-state index in [-0.39, 0.29) is 11.5 Å². The smallest absolute Gasteiger partial charge is 0.213 e. The number of carbonyl (C=O) groups is 1. The van der Waals surface area contributed by atoms with Gasteiger partial charge >= 0.3 is 0 Å². The second-order valence-corrected chi connectivity index (χ2v) is 8.49. The highest BCUT2D eigenvalue weighted by molar-refractivity contribution is 7.88. The van der Waals surface area contributed by atoms with Gasteiger partial charge in [0.2, 0.25) is 10.0 Å². The van der Waals surface area contributed by atoms with Gasteiger partial charge in [-0.05, 0) is 29.7 Å². The van der Waals surface area contributed by atoms with Crippen molar-refractivity contribution in [3.05, 3.63) is 89.0 Å². The molecule has 0 aliphatic carbocycles. The molecule has 0 radical (unpaired) electrons. The summed E-state index contributed by atoms with van der Waals surface area (Å²) in [5.41, 5.74) is 4.50. The van der Waals surface area contributed by atoms with Crippen LogP contribution in [0.25, 0.3) is 11.1 Å². The Kier molecular flexibility index (Phi) is 4.53. The molecule has 6 heteroatoms. The van der Waals surface area contributed by atoms with Crippen LogP contribution >= 0.6 is 0 Å². The molecule has 0 saturated carbocycles. The monoisotopic (exact) mass is 393 g/mol. The molecular weight excluding hydrogens is 374 g/mol. The van der Waals surface area contributed by atoms with Crippen molar-refractivity contribution in [3.63, 3.8) is 0 Å². The van der Waals surface area contributed by atoms with Crippen molar-refractivity contribution < 1.29 is 17.9 Å². The number of primary sulfonamides is 1.